The molecule has 0 spiro atoms. The minimum Gasteiger partial charge on any atom is -0.488 e. The molecule has 0 saturated carbocycles. The van der Waals surface area contributed by atoms with E-state index in [1.807, 2.05) is 0 Å². The van der Waals surface area contributed by atoms with Gasteiger partial charge in [-0.15, -0.1) is 11.6 Å². The average Bonchev–Trinajstić information content (AvgIpc) is 2.77. The summed E-state index contributed by atoms with van der Waals surface area (Å²) in [6, 6.07) is 4.66. The average molecular weight is 288 g/mol. The Morgan fingerprint density at radius 2 is 2.42 bits per heavy atom. The Kier molecular flexibility index (Phi) is 5.43. The zero-order chi connectivity index (χ0) is 13.7. The van der Waals surface area contributed by atoms with Crippen molar-refractivity contribution in [1.29, 1.82) is 0 Å². The third-order valence-corrected chi connectivity index (χ3v) is 3.46. The Bertz CT molecular complexity index is 416. The van der Waals surface area contributed by atoms with Crippen LogP contribution in [0.5, 0.6) is 5.75 Å². The fraction of sp³-hybridized carbons (Fsp3) is 0.571. The molecule has 2 unspecified atom stereocenters. The molecule has 1 N–H and O–H groups in total. The molecule has 19 heavy (non-hydrogen) atoms. The third-order valence-electron chi connectivity index (χ3n) is 3.12. The van der Waals surface area contributed by atoms with Crippen molar-refractivity contribution >= 4 is 11.6 Å². The first kappa shape index (κ1) is 14.6. The van der Waals surface area contributed by atoms with E-state index in [-0.39, 0.29) is 17.3 Å². The number of ether oxygens (including phenoxy) is 2. The highest BCUT2D eigenvalue weighted by Gasteiger charge is 2.22. The van der Waals surface area contributed by atoms with Gasteiger partial charge in [-0.1, -0.05) is 0 Å². The molecule has 0 aliphatic carbocycles. The van der Waals surface area contributed by atoms with Gasteiger partial charge < -0.3 is 14.8 Å². The predicted octanol–water partition coefficient (Wildman–Crippen LogP) is 2.36. The molecule has 0 fully saturated rings. The lowest BCUT2D eigenvalue weighted by Gasteiger charge is -2.13. The minimum absolute atomic E-state index is 0.0355. The van der Waals surface area contributed by atoms with Crippen LogP contribution in [0.2, 0.25) is 0 Å². The highest BCUT2D eigenvalue weighted by Crippen LogP contribution is 2.28. The van der Waals surface area contributed by atoms with E-state index in [0.29, 0.717) is 6.61 Å². The van der Waals surface area contributed by atoms with Crippen LogP contribution in [-0.2, 0) is 11.2 Å². The first-order chi connectivity index (χ1) is 9.19. The van der Waals surface area contributed by atoms with Gasteiger partial charge >= 0.3 is 0 Å². The largest absolute Gasteiger partial charge is 0.488 e. The lowest BCUT2D eigenvalue weighted by molar-refractivity contribution is 0.193. The second-order valence-electron chi connectivity index (χ2n) is 4.74. The fourth-order valence-corrected chi connectivity index (χ4v) is 2.42. The summed E-state index contributed by atoms with van der Waals surface area (Å²) in [7, 11) is 1.64. The lowest BCUT2D eigenvalue weighted by Crippen LogP contribution is -2.31. The molecule has 0 radical (unpaired) electrons. The molecule has 0 aromatic heterocycles. The van der Waals surface area contributed by atoms with Crippen molar-refractivity contribution in [3.63, 3.8) is 0 Å². The van der Waals surface area contributed by atoms with Crippen molar-refractivity contribution in [3.8, 4) is 5.75 Å². The molecule has 1 aliphatic heterocycles. The molecule has 1 aliphatic rings. The maximum absolute atomic E-state index is 13.1. The molecule has 1 aromatic rings. The van der Waals surface area contributed by atoms with Gasteiger partial charge in [-0.2, -0.15) is 0 Å². The molecule has 2 atom stereocenters. The third kappa shape index (κ3) is 4.34. The molecule has 0 amide bonds. The second-order valence-corrected chi connectivity index (χ2v) is 5.36. The molecular weight excluding hydrogens is 269 g/mol. The summed E-state index contributed by atoms with van der Waals surface area (Å²) in [5.41, 5.74) is 0.946. The van der Waals surface area contributed by atoms with Gasteiger partial charge in [0, 0.05) is 25.6 Å². The van der Waals surface area contributed by atoms with Crippen LogP contribution < -0.4 is 10.1 Å². The van der Waals surface area contributed by atoms with Gasteiger partial charge in [0.15, 0.2) is 0 Å². The van der Waals surface area contributed by atoms with Crippen LogP contribution in [0.3, 0.4) is 0 Å². The SMILES string of the molecule is COCC(Cl)CCNCC1Cc2cc(F)ccc2O1. The first-order valence-corrected chi connectivity index (χ1v) is 6.91. The molecule has 2 rings (SSSR count). The van der Waals surface area contributed by atoms with Gasteiger partial charge in [-0.25, -0.2) is 4.39 Å². The number of hydrogen-bond donors (Lipinski definition) is 1. The fourth-order valence-electron chi connectivity index (χ4n) is 2.19. The topological polar surface area (TPSA) is 30.5 Å². The van der Waals surface area contributed by atoms with E-state index in [2.05, 4.69) is 5.32 Å². The van der Waals surface area contributed by atoms with Crippen LogP contribution in [-0.4, -0.2) is 38.3 Å². The maximum Gasteiger partial charge on any atom is 0.123 e. The first-order valence-electron chi connectivity index (χ1n) is 6.48. The number of hydrogen-bond acceptors (Lipinski definition) is 3. The van der Waals surface area contributed by atoms with Gasteiger partial charge in [0.25, 0.3) is 0 Å². The Labute approximate surface area is 118 Å². The van der Waals surface area contributed by atoms with Crippen molar-refractivity contribution in [2.75, 3.05) is 26.8 Å². The van der Waals surface area contributed by atoms with Crippen LogP contribution in [0.25, 0.3) is 0 Å². The summed E-state index contributed by atoms with van der Waals surface area (Å²) >= 11 is 6.03. The molecule has 0 saturated heterocycles. The van der Waals surface area contributed by atoms with Crippen LogP contribution in [0.4, 0.5) is 4.39 Å². The second kappa shape index (κ2) is 7.08. The molecule has 1 heterocycles. The molecule has 106 valence electrons. The Morgan fingerprint density at radius 3 is 3.21 bits per heavy atom. The van der Waals surface area contributed by atoms with Crippen molar-refractivity contribution in [2.24, 2.45) is 0 Å². The van der Waals surface area contributed by atoms with E-state index in [4.69, 9.17) is 21.1 Å². The van der Waals surface area contributed by atoms with Gasteiger partial charge in [0.2, 0.25) is 0 Å². The van der Waals surface area contributed by atoms with Gasteiger partial charge in [0.1, 0.15) is 17.7 Å². The van der Waals surface area contributed by atoms with Crippen molar-refractivity contribution in [1.82, 2.24) is 5.32 Å². The van der Waals surface area contributed by atoms with Crippen LogP contribution in [0.1, 0.15) is 12.0 Å². The van der Waals surface area contributed by atoms with Crippen LogP contribution in [0.15, 0.2) is 18.2 Å². The quantitative estimate of drug-likeness (QED) is 0.617. The molecular formula is C14H19ClFNO2. The monoisotopic (exact) mass is 287 g/mol. The van der Waals surface area contributed by atoms with E-state index in [0.717, 1.165) is 37.2 Å². The standard InChI is InChI=1S/C14H19ClFNO2/c1-18-9-11(15)4-5-17-8-13-7-10-6-12(16)2-3-14(10)19-13/h2-3,6,11,13,17H,4-5,7-9H2,1H3. The number of methoxy groups -OCH3 is 1. The number of alkyl halides is 1. The van der Waals surface area contributed by atoms with Crippen LogP contribution >= 0.6 is 11.6 Å². The number of nitrogens with one attached hydrogen (secondary N) is 1. The van der Waals surface area contributed by atoms with Crippen molar-refractivity contribution < 1.29 is 13.9 Å². The van der Waals surface area contributed by atoms with E-state index in [1.54, 1.807) is 19.2 Å². The Morgan fingerprint density at radius 1 is 1.58 bits per heavy atom. The van der Waals surface area contributed by atoms with E-state index < -0.39 is 0 Å². The number of fused-ring (bicyclic) bond motifs is 1. The highest BCUT2D eigenvalue weighted by molar-refractivity contribution is 6.20. The Balaban J connectivity index is 1.67. The highest BCUT2D eigenvalue weighted by atomic mass is 35.5. The number of benzene rings is 1. The smallest absolute Gasteiger partial charge is 0.123 e. The zero-order valence-corrected chi connectivity index (χ0v) is 11.8. The lowest BCUT2D eigenvalue weighted by atomic mass is 10.1. The maximum atomic E-state index is 13.1. The predicted molar refractivity (Wildman–Crippen MR) is 73.5 cm³/mol. The summed E-state index contributed by atoms with van der Waals surface area (Å²) in [6.45, 7) is 2.13. The molecule has 0 bridgehead atoms. The summed E-state index contributed by atoms with van der Waals surface area (Å²) in [6.07, 6.45) is 1.68. The zero-order valence-electron chi connectivity index (χ0n) is 11.0. The van der Waals surface area contributed by atoms with Gasteiger partial charge in [0.05, 0.1) is 12.0 Å². The molecule has 3 nitrogen and oxygen atoms in total. The summed E-state index contributed by atoms with van der Waals surface area (Å²) in [5, 5.41) is 3.34. The van der Waals surface area contributed by atoms with Crippen molar-refractivity contribution in [2.45, 2.75) is 24.3 Å². The number of halogens is 2. The summed E-state index contributed by atoms with van der Waals surface area (Å²) in [4.78, 5) is 0. The van der Waals surface area contributed by atoms with E-state index in [1.165, 1.54) is 6.07 Å². The molecule has 5 heteroatoms. The van der Waals surface area contributed by atoms with Crippen molar-refractivity contribution in [3.05, 3.63) is 29.6 Å². The van der Waals surface area contributed by atoms with Gasteiger partial charge in [-0.05, 0) is 31.2 Å². The van der Waals surface area contributed by atoms with Crippen LogP contribution in [0, 0.1) is 5.82 Å². The summed E-state index contributed by atoms with van der Waals surface area (Å²) < 4.78 is 23.8. The van der Waals surface area contributed by atoms with E-state index >= 15 is 0 Å². The minimum atomic E-state index is -0.208. The van der Waals surface area contributed by atoms with E-state index in [9.17, 15) is 4.39 Å². The summed E-state index contributed by atoms with van der Waals surface area (Å²) in [5.74, 6) is 0.586. The Hall–Kier alpha value is -0.840. The number of rotatable bonds is 7. The van der Waals surface area contributed by atoms with Gasteiger partial charge in [-0.3, -0.25) is 0 Å². The normalized spacial score (nSPS) is 19.0. The molecule has 1 aromatic carbocycles.